The standard InChI is InChI=1S/C31H22O2/c32-31(33)30-20-18-29(19-21-30)28-16-14-27(15-17-28)26-12-10-25(11-13-26)24-8-6-23(7-9-24)22-4-2-1-3-5-22/h1-21H,(H,32,33). The molecule has 0 aromatic heterocycles. The summed E-state index contributed by atoms with van der Waals surface area (Å²) in [6.07, 6.45) is 0. The van der Waals surface area contributed by atoms with Crippen LogP contribution in [-0.4, -0.2) is 11.1 Å². The number of hydrogen-bond acceptors (Lipinski definition) is 1. The highest BCUT2D eigenvalue weighted by atomic mass is 16.4. The zero-order valence-electron chi connectivity index (χ0n) is 18.0. The largest absolute Gasteiger partial charge is 0.478 e. The van der Waals surface area contributed by atoms with Crippen molar-refractivity contribution in [2.45, 2.75) is 0 Å². The first-order chi connectivity index (χ1) is 16.2. The van der Waals surface area contributed by atoms with Crippen molar-refractivity contribution in [2.75, 3.05) is 0 Å². The van der Waals surface area contributed by atoms with Crippen LogP contribution in [0.3, 0.4) is 0 Å². The van der Waals surface area contributed by atoms with Crippen LogP contribution in [0.4, 0.5) is 0 Å². The maximum Gasteiger partial charge on any atom is 0.335 e. The quantitative estimate of drug-likeness (QED) is 0.309. The summed E-state index contributed by atoms with van der Waals surface area (Å²) in [5, 5.41) is 9.06. The molecule has 0 amide bonds. The predicted octanol–water partition coefficient (Wildman–Crippen LogP) is 8.05. The molecular weight excluding hydrogens is 404 g/mol. The van der Waals surface area contributed by atoms with Crippen molar-refractivity contribution in [2.24, 2.45) is 0 Å². The molecular formula is C31H22O2. The van der Waals surface area contributed by atoms with E-state index in [0.717, 1.165) is 22.3 Å². The molecule has 5 aromatic carbocycles. The number of aromatic carboxylic acids is 1. The van der Waals surface area contributed by atoms with Gasteiger partial charge in [0.15, 0.2) is 0 Å². The number of rotatable bonds is 5. The molecule has 0 saturated carbocycles. The van der Waals surface area contributed by atoms with Gasteiger partial charge in [0.25, 0.3) is 0 Å². The Balaban J connectivity index is 1.32. The lowest BCUT2D eigenvalue weighted by Crippen LogP contribution is -1.94. The maximum atomic E-state index is 11.0. The van der Waals surface area contributed by atoms with Gasteiger partial charge in [-0.25, -0.2) is 4.79 Å². The molecule has 0 heterocycles. The number of carboxylic acids is 1. The van der Waals surface area contributed by atoms with E-state index in [2.05, 4.69) is 97.1 Å². The highest BCUT2D eigenvalue weighted by molar-refractivity contribution is 5.88. The molecule has 0 aliphatic rings. The molecule has 0 radical (unpaired) electrons. The van der Waals surface area contributed by atoms with E-state index in [-0.39, 0.29) is 0 Å². The van der Waals surface area contributed by atoms with E-state index in [1.54, 1.807) is 12.1 Å². The van der Waals surface area contributed by atoms with Crippen molar-refractivity contribution in [3.63, 3.8) is 0 Å². The Morgan fingerprint density at radius 1 is 0.364 bits per heavy atom. The van der Waals surface area contributed by atoms with Gasteiger partial charge < -0.3 is 5.11 Å². The Kier molecular flexibility index (Phi) is 5.57. The van der Waals surface area contributed by atoms with Crippen LogP contribution in [-0.2, 0) is 0 Å². The first kappa shape index (κ1) is 20.5. The van der Waals surface area contributed by atoms with E-state index in [4.69, 9.17) is 5.11 Å². The van der Waals surface area contributed by atoms with Gasteiger partial charge in [0, 0.05) is 0 Å². The Labute approximate surface area is 193 Å². The Morgan fingerprint density at radius 3 is 0.879 bits per heavy atom. The number of hydrogen-bond donors (Lipinski definition) is 1. The first-order valence-corrected chi connectivity index (χ1v) is 10.9. The molecule has 2 heteroatoms. The minimum atomic E-state index is -0.910. The van der Waals surface area contributed by atoms with Crippen LogP contribution >= 0.6 is 0 Å². The highest BCUT2D eigenvalue weighted by Gasteiger charge is 2.05. The summed E-state index contributed by atoms with van der Waals surface area (Å²) in [5.41, 5.74) is 9.49. The lowest BCUT2D eigenvalue weighted by molar-refractivity contribution is 0.0697. The zero-order valence-corrected chi connectivity index (χ0v) is 18.0. The van der Waals surface area contributed by atoms with Crippen molar-refractivity contribution in [3.05, 3.63) is 133 Å². The fraction of sp³-hybridized carbons (Fsp3) is 0. The summed E-state index contributed by atoms with van der Waals surface area (Å²) in [4.78, 5) is 11.0. The van der Waals surface area contributed by atoms with E-state index in [1.807, 2.05) is 18.2 Å². The SMILES string of the molecule is O=C(O)c1ccc(-c2ccc(-c3ccc(-c4ccc(-c5ccccc5)cc4)cc3)cc2)cc1. The van der Waals surface area contributed by atoms with Crippen LogP contribution in [0.5, 0.6) is 0 Å². The van der Waals surface area contributed by atoms with Gasteiger partial charge in [-0.15, -0.1) is 0 Å². The van der Waals surface area contributed by atoms with Crippen LogP contribution in [0.1, 0.15) is 10.4 Å². The van der Waals surface area contributed by atoms with Gasteiger partial charge in [-0.05, 0) is 56.6 Å². The van der Waals surface area contributed by atoms with Crippen LogP contribution in [0.15, 0.2) is 127 Å². The smallest absolute Gasteiger partial charge is 0.335 e. The number of benzene rings is 5. The predicted molar refractivity (Wildman–Crippen MR) is 135 cm³/mol. The molecule has 5 rings (SSSR count). The third-order valence-corrected chi connectivity index (χ3v) is 5.89. The van der Waals surface area contributed by atoms with E-state index in [0.29, 0.717) is 5.56 Å². The Hall–Kier alpha value is -4.43. The average Bonchev–Trinajstić information content (AvgIpc) is 2.90. The molecule has 0 atom stereocenters. The molecule has 1 N–H and O–H groups in total. The topological polar surface area (TPSA) is 37.3 Å². The van der Waals surface area contributed by atoms with Gasteiger partial charge in [-0.2, -0.15) is 0 Å². The van der Waals surface area contributed by atoms with Gasteiger partial charge in [-0.3, -0.25) is 0 Å². The molecule has 0 saturated heterocycles. The maximum absolute atomic E-state index is 11.0. The lowest BCUT2D eigenvalue weighted by atomic mass is 9.97. The lowest BCUT2D eigenvalue weighted by Gasteiger charge is -2.08. The molecule has 158 valence electrons. The molecule has 0 aliphatic carbocycles. The van der Waals surface area contributed by atoms with Crippen molar-refractivity contribution in [1.82, 2.24) is 0 Å². The molecule has 0 spiro atoms. The Morgan fingerprint density at radius 2 is 0.606 bits per heavy atom. The summed E-state index contributed by atoms with van der Waals surface area (Å²) in [6, 6.07) is 43.0. The third kappa shape index (κ3) is 4.46. The van der Waals surface area contributed by atoms with E-state index < -0.39 is 5.97 Å². The summed E-state index contributed by atoms with van der Waals surface area (Å²) in [7, 11) is 0. The van der Waals surface area contributed by atoms with Gasteiger partial charge in [-0.1, -0.05) is 115 Å². The highest BCUT2D eigenvalue weighted by Crippen LogP contribution is 2.29. The average molecular weight is 427 g/mol. The number of carbonyl (C=O) groups is 1. The summed E-state index contributed by atoms with van der Waals surface area (Å²) < 4.78 is 0. The minimum Gasteiger partial charge on any atom is -0.478 e. The van der Waals surface area contributed by atoms with E-state index in [9.17, 15) is 4.79 Å². The fourth-order valence-corrected chi connectivity index (χ4v) is 4.00. The molecule has 2 nitrogen and oxygen atoms in total. The van der Waals surface area contributed by atoms with Crippen molar-refractivity contribution >= 4 is 5.97 Å². The second-order valence-corrected chi connectivity index (χ2v) is 7.98. The second-order valence-electron chi connectivity index (χ2n) is 7.98. The zero-order chi connectivity index (χ0) is 22.6. The Bertz CT molecular complexity index is 1370. The van der Waals surface area contributed by atoms with E-state index >= 15 is 0 Å². The van der Waals surface area contributed by atoms with Gasteiger partial charge in [0.05, 0.1) is 5.56 Å². The number of carboxylic acid groups (broad SMARTS) is 1. The van der Waals surface area contributed by atoms with Gasteiger partial charge >= 0.3 is 5.97 Å². The molecule has 0 aliphatic heterocycles. The molecule has 33 heavy (non-hydrogen) atoms. The molecule has 0 unspecified atom stereocenters. The first-order valence-electron chi connectivity index (χ1n) is 10.9. The monoisotopic (exact) mass is 426 g/mol. The second kappa shape index (κ2) is 8.97. The van der Waals surface area contributed by atoms with Crippen LogP contribution in [0, 0.1) is 0 Å². The summed E-state index contributed by atoms with van der Waals surface area (Å²) in [6.45, 7) is 0. The van der Waals surface area contributed by atoms with E-state index in [1.165, 1.54) is 22.3 Å². The molecule has 5 aromatic rings. The van der Waals surface area contributed by atoms with Crippen molar-refractivity contribution < 1.29 is 9.90 Å². The van der Waals surface area contributed by atoms with Crippen molar-refractivity contribution in [3.8, 4) is 44.5 Å². The third-order valence-electron chi connectivity index (χ3n) is 5.89. The normalized spacial score (nSPS) is 10.7. The van der Waals surface area contributed by atoms with Crippen LogP contribution in [0.2, 0.25) is 0 Å². The van der Waals surface area contributed by atoms with Crippen LogP contribution in [0.25, 0.3) is 44.5 Å². The molecule has 0 bridgehead atoms. The van der Waals surface area contributed by atoms with Crippen molar-refractivity contribution in [1.29, 1.82) is 0 Å². The molecule has 0 fully saturated rings. The summed E-state index contributed by atoms with van der Waals surface area (Å²) in [5.74, 6) is -0.910. The minimum absolute atomic E-state index is 0.296. The van der Waals surface area contributed by atoms with Gasteiger partial charge in [0.1, 0.15) is 0 Å². The van der Waals surface area contributed by atoms with Crippen LogP contribution < -0.4 is 0 Å². The fourth-order valence-electron chi connectivity index (χ4n) is 4.00. The summed E-state index contributed by atoms with van der Waals surface area (Å²) >= 11 is 0. The van der Waals surface area contributed by atoms with Gasteiger partial charge in [0.2, 0.25) is 0 Å².